The molecule has 2 nitrogen and oxygen atoms in total. The second kappa shape index (κ2) is 13.7. The molecule has 0 saturated carbocycles. The van der Waals surface area contributed by atoms with E-state index in [1.165, 1.54) is 45.4 Å². The third kappa shape index (κ3) is 15.2. The van der Waals surface area contributed by atoms with Crippen molar-refractivity contribution < 1.29 is 9.53 Å². The van der Waals surface area contributed by atoms with Gasteiger partial charge in [-0.3, -0.25) is 4.79 Å². The molecule has 0 aliphatic carbocycles. The van der Waals surface area contributed by atoms with Gasteiger partial charge in [-0.15, -0.1) is 0 Å². The number of carbonyl (C=O) groups excluding carboxylic acids is 1. The van der Waals surface area contributed by atoms with Crippen LogP contribution in [0.25, 0.3) is 0 Å². The number of unbranched alkanes of at least 4 members (excludes halogenated alkanes) is 6. The van der Waals surface area contributed by atoms with E-state index < -0.39 is 0 Å². The molecule has 0 saturated heterocycles. The van der Waals surface area contributed by atoms with Gasteiger partial charge in [0, 0.05) is 6.92 Å². The number of rotatable bonds is 8. The Kier molecular flexibility index (Phi) is 16.8. The van der Waals surface area contributed by atoms with Crippen LogP contribution in [0.5, 0.6) is 0 Å². The summed E-state index contributed by atoms with van der Waals surface area (Å²) in [6.45, 7) is 4.28. The van der Waals surface area contributed by atoms with Crippen LogP contribution in [0.15, 0.2) is 0 Å². The van der Waals surface area contributed by atoms with E-state index >= 15 is 0 Å². The quantitative estimate of drug-likeness (QED) is 0.362. The van der Waals surface area contributed by atoms with Crippen molar-refractivity contribution in [3.8, 4) is 0 Å². The number of hydrogen-bond acceptors (Lipinski definition) is 2. The fraction of sp³-hybridized carbons (Fsp3) is 0.909. The van der Waals surface area contributed by atoms with E-state index in [4.69, 9.17) is 4.74 Å². The van der Waals surface area contributed by atoms with Gasteiger partial charge in [0.25, 0.3) is 0 Å². The topological polar surface area (TPSA) is 26.3 Å². The van der Waals surface area contributed by atoms with Crippen molar-refractivity contribution in [2.24, 2.45) is 0 Å². The zero-order valence-corrected chi connectivity index (χ0v) is 8.97. The van der Waals surface area contributed by atoms with Gasteiger partial charge in [-0.25, -0.2) is 0 Å². The first-order valence-electron chi connectivity index (χ1n) is 5.40. The maximum absolute atomic E-state index is 10.4. The molecule has 0 aromatic rings. The molecule has 82 valence electrons. The SMILES string of the molecule is CCCCCCCCCOC(C)=O.[CaH2]. The van der Waals surface area contributed by atoms with Gasteiger partial charge in [-0.1, -0.05) is 45.4 Å². The molecule has 0 bridgehead atoms. The summed E-state index contributed by atoms with van der Waals surface area (Å²) >= 11 is 0. The van der Waals surface area contributed by atoms with Crippen molar-refractivity contribution in [3.63, 3.8) is 0 Å². The molecule has 14 heavy (non-hydrogen) atoms. The van der Waals surface area contributed by atoms with E-state index in [2.05, 4.69) is 6.92 Å². The average molecular weight is 228 g/mol. The fourth-order valence-corrected chi connectivity index (χ4v) is 1.28. The number of carbonyl (C=O) groups is 1. The van der Waals surface area contributed by atoms with Crippen LogP contribution in [-0.4, -0.2) is 50.3 Å². The van der Waals surface area contributed by atoms with Crippen LogP contribution in [0.4, 0.5) is 0 Å². The Bertz CT molecular complexity index is 126. The third-order valence-electron chi connectivity index (χ3n) is 2.05. The Hall–Kier alpha value is 0.730. The van der Waals surface area contributed by atoms with Crippen molar-refractivity contribution in [1.82, 2.24) is 0 Å². The van der Waals surface area contributed by atoms with Crippen LogP contribution in [0.3, 0.4) is 0 Å². The van der Waals surface area contributed by atoms with E-state index in [0.717, 1.165) is 6.42 Å². The van der Waals surface area contributed by atoms with Crippen LogP contribution < -0.4 is 0 Å². The summed E-state index contributed by atoms with van der Waals surface area (Å²) in [5.41, 5.74) is 0. The number of hydrogen-bond donors (Lipinski definition) is 0. The summed E-state index contributed by atoms with van der Waals surface area (Å²) in [5.74, 6) is -0.161. The molecule has 0 aliphatic heterocycles. The second-order valence-corrected chi connectivity index (χ2v) is 3.46. The van der Waals surface area contributed by atoms with Crippen molar-refractivity contribution in [3.05, 3.63) is 0 Å². The van der Waals surface area contributed by atoms with Crippen molar-refractivity contribution in [2.45, 2.75) is 58.8 Å². The Balaban J connectivity index is 0. The monoisotopic (exact) mass is 228 g/mol. The Morgan fingerprint density at radius 3 is 2.00 bits per heavy atom. The van der Waals surface area contributed by atoms with Gasteiger partial charge in [0.05, 0.1) is 6.61 Å². The average Bonchev–Trinajstić information content (AvgIpc) is 2.09. The second-order valence-electron chi connectivity index (χ2n) is 3.46. The molecule has 0 heterocycles. The van der Waals surface area contributed by atoms with E-state index in [0.29, 0.717) is 6.61 Å². The minimum absolute atomic E-state index is 0. The molecule has 0 N–H and O–H groups in total. The zero-order chi connectivity index (χ0) is 9.94. The van der Waals surface area contributed by atoms with Gasteiger partial charge in [-0.05, 0) is 6.42 Å². The fourth-order valence-electron chi connectivity index (χ4n) is 1.28. The van der Waals surface area contributed by atoms with Crippen LogP contribution in [0, 0.1) is 0 Å². The van der Waals surface area contributed by atoms with Crippen LogP contribution in [-0.2, 0) is 9.53 Å². The minimum atomic E-state index is -0.161. The molecular weight excluding hydrogens is 204 g/mol. The first-order chi connectivity index (χ1) is 6.27. The summed E-state index contributed by atoms with van der Waals surface area (Å²) in [6.07, 6.45) is 8.82. The molecule has 3 heteroatoms. The van der Waals surface area contributed by atoms with E-state index in [1.54, 1.807) is 0 Å². The molecule has 0 spiro atoms. The Morgan fingerprint density at radius 2 is 1.50 bits per heavy atom. The summed E-state index contributed by atoms with van der Waals surface area (Å²) in [7, 11) is 0. The maximum atomic E-state index is 10.4. The van der Waals surface area contributed by atoms with Gasteiger partial charge in [0.2, 0.25) is 0 Å². The van der Waals surface area contributed by atoms with E-state index in [-0.39, 0.29) is 43.7 Å². The molecule has 0 unspecified atom stereocenters. The standard InChI is InChI=1S/C11H22O2.Ca.2H/c1-3-4-5-6-7-8-9-10-13-11(2)12;;;/h3-10H2,1-2H3;;;. The number of esters is 1. The van der Waals surface area contributed by atoms with Gasteiger partial charge in [0.15, 0.2) is 0 Å². The zero-order valence-electron chi connectivity index (χ0n) is 8.97. The van der Waals surface area contributed by atoms with Crippen molar-refractivity contribution in [2.75, 3.05) is 6.61 Å². The van der Waals surface area contributed by atoms with Crippen molar-refractivity contribution in [1.29, 1.82) is 0 Å². The summed E-state index contributed by atoms with van der Waals surface area (Å²) in [4.78, 5) is 10.4. The van der Waals surface area contributed by atoms with Crippen LogP contribution in [0.2, 0.25) is 0 Å². The normalized spacial score (nSPS) is 9.29. The molecule has 0 aromatic heterocycles. The Morgan fingerprint density at radius 1 is 1.00 bits per heavy atom. The summed E-state index contributed by atoms with van der Waals surface area (Å²) in [6, 6.07) is 0. The first kappa shape index (κ1) is 17.1. The summed E-state index contributed by atoms with van der Waals surface area (Å²) < 4.78 is 4.83. The molecule has 0 aromatic carbocycles. The van der Waals surface area contributed by atoms with Gasteiger partial charge in [0.1, 0.15) is 0 Å². The molecule has 0 rings (SSSR count). The molecule has 0 amide bonds. The molecule has 0 atom stereocenters. The molecule has 0 fully saturated rings. The van der Waals surface area contributed by atoms with Gasteiger partial charge in [-0.2, -0.15) is 0 Å². The number of ether oxygens (including phenoxy) is 1. The van der Waals surface area contributed by atoms with Gasteiger partial charge < -0.3 is 4.74 Å². The van der Waals surface area contributed by atoms with Crippen LogP contribution in [0.1, 0.15) is 58.8 Å². The predicted molar refractivity (Wildman–Crippen MR) is 63.2 cm³/mol. The predicted octanol–water partition coefficient (Wildman–Crippen LogP) is 2.38. The Labute approximate surface area is 118 Å². The molecular formula is C11H24CaO2. The van der Waals surface area contributed by atoms with Crippen LogP contribution >= 0.6 is 0 Å². The van der Waals surface area contributed by atoms with Gasteiger partial charge >= 0.3 is 43.7 Å². The molecule has 0 aliphatic rings. The summed E-state index contributed by atoms with van der Waals surface area (Å²) in [5, 5.41) is 0. The third-order valence-corrected chi connectivity index (χ3v) is 2.05. The molecule has 0 radical (unpaired) electrons. The van der Waals surface area contributed by atoms with Crippen molar-refractivity contribution >= 4 is 43.7 Å². The van der Waals surface area contributed by atoms with E-state index in [1.807, 2.05) is 0 Å². The van der Waals surface area contributed by atoms with E-state index in [9.17, 15) is 4.79 Å². The first-order valence-corrected chi connectivity index (χ1v) is 5.40.